The van der Waals surface area contributed by atoms with Crippen molar-refractivity contribution in [1.29, 1.82) is 0 Å². The monoisotopic (exact) mass is 223 g/mol. The Morgan fingerprint density at radius 2 is 1.75 bits per heavy atom. The number of nitrogens with zero attached hydrogens (tertiary/aromatic N) is 1. The zero-order valence-corrected chi connectivity index (χ0v) is 10.4. The molecule has 2 saturated carbocycles. The first-order valence-electron chi connectivity index (χ1n) is 7.18. The van der Waals surface area contributed by atoms with Crippen LogP contribution in [0.2, 0.25) is 0 Å². The van der Waals surface area contributed by atoms with Crippen molar-refractivity contribution < 1.29 is 5.11 Å². The summed E-state index contributed by atoms with van der Waals surface area (Å²) in [6.45, 7) is 3.71. The molecule has 2 heterocycles. The third-order valence-electron chi connectivity index (χ3n) is 5.31. The summed E-state index contributed by atoms with van der Waals surface area (Å²) in [7, 11) is 0. The highest BCUT2D eigenvalue weighted by Gasteiger charge is 2.40. The number of hydrogen-bond donors (Lipinski definition) is 1. The fourth-order valence-corrected chi connectivity index (χ4v) is 4.25. The molecule has 0 aromatic carbocycles. The Kier molecular flexibility index (Phi) is 2.97. The van der Waals surface area contributed by atoms with E-state index in [2.05, 4.69) is 11.8 Å². The maximum absolute atomic E-state index is 9.87. The molecule has 2 heteroatoms. The topological polar surface area (TPSA) is 23.5 Å². The average molecular weight is 223 g/mol. The van der Waals surface area contributed by atoms with E-state index in [1.807, 2.05) is 0 Å². The van der Waals surface area contributed by atoms with E-state index in [9.17, 15) is 5.11 Å². The number of rotatable bonds is 1. The average Bonchev–Trinajstić information content (AvgIpc) is 2.34. The van der Waals surface area contributed by atoms with Crippen LogP contribution >= 0.6 is 0 Å². The first kappa shape index (κ1) is 11.0. The van der Waals surface area contributed by atoms with Gasteiger partial charge >= 0.3 is 0 Å². The van der Waals surface area contributed by atoms with Crippen molar-refractivity contribution in [2.75, 3.05) is 6.54 Å². The van der Waals surface area contributed by atoms with Gasteiger partial charge in [0.05, 0.1) is 6.10 Å². The standard InChI is InChI=1S/C14H25NO/c1-10-2-7-13(16)8-14(10)15-9-11-3-5-12(15)6-4-11/h10-14,16H,2-9H2,1H3. The van der Waals surface area contributed by atoms with Crippen LogP contribution in [0.15, 0.2) is 0 Å². The van der Waals surface area contributed by atoms with Gasteiger partial charge in [-0.25, -0.2) is 0 Å². The van der Waals surface area contributed by atoms with Gasteiger partial charge in [0.15, 0.2) is 0 Å². The summed E-state index contributed by atoms with van der Waals surface area (Å²) in [6.07, 6.45) is 9.02. The Morgan fingerprint density at radius 1 is 1.00 bits per heavy atom. The molecule has 3 atom stereocenters. The molecule has 0 radical (unpaired) electrons. The van der Waals surface area contributed by atoms with Crippen molar-refractivity contribution in [2.45, 2.75) is 70.1 Å². The molecule has 2 nitrogen and oxygen atoms in total. The Labute approximate surface area is 99.0 Å². The van der Waals surface area contributed by atoms with Gasteiger partial charge < -0.3 is 5.11 Å². The highest BCUT2D eigenvalue weighted by atomic mass is 16.3. The molecule has 0 aromatic rings. The highest BCUT2D eigenvalue weighted by molar-refractivity contribution is 4.95. The van der Waals surface area contributed by atoms with Crippen molar-refractivity contribution in [2.24, 2.45) is 11.8 Å². The summed E-state index contributed by atoms with van der Waals surface area (Å²) in [5.41, 5.74) is 0. The Bertz CT molecular complexity index is 245. The van der Waals surface area contributed by atoms with E-state index in [-0.39, 0.29) is 6.10 Å². The molecule has 0 aromatic heterocycles. The lowest BCUT2D eigenvalue weighted by Crippen LogP contribution is -2.56. The fourth-order valence-electron chi connectivity index (χ4n) is 4.25. The number of piperidine rings is 2. The van der Waals surface area contributed by atoms with Crippen LogP contribution in [-0.2, 0) is 0 Å². The molecule has 4 rings (SSSR count). The first-order chi connectivity index (χ1) is 7.74. The van der Waals surface area contributed by atoms with E-state index in [0.29, 0.717) is 6.04 Å². The number of hydrogen-bond acceptors (Lipinski definition) is 2. The third kappa shape index (κ3) is 1.91. The lowest BCUT2D eigenvalue weighted by molar-refractivity contribution is -0.0412. The molecule has 3 unspecified atom stereocenters. The zero-order chi connectivity index (χ0) is 11.1. The van der Waals surface area contributed by atoms with Crippen LogP contribution < -0.4 is 0 Å². The second kappa shape index (κ2) is 4.30. The highest BCUT2D eigenvalue weighted by Crippen LogP contribution is 2.40. The minimum atomic E-state index is -0.0262. The van der Waals surface area contributed by atoms with Crippen LogP contribution in [0.5, 0.6) is 0 Å². The van der Waals surface area contributed by atoms with Gasteiger partial charge in [0, 0.05) is 18.6 Å². The second-order valence-corrected chi connectivity index (χ2v) is 6.38. The van der Waals surface area contributed by atoms with Crippen LogP contribution in [0, 0.1) is 11.8 Å². The summed E-state index contributed by atoms with van der Waals surface area (Å²) in [5, 5.41) is 9.87. The largest absolute Gasteiger partial charge is 0.393 e. The molecule has 16 heavy (non-hydrogen) atoms. The number of aliphatic hydroxyl groups is 1. The molecule has 92 valence electrons. The molecule has 1 N–H and O–H groups in total. The predicted octanol–water partition coefficient (Wildman–Crippen LogP) is 2.41. The van der Waals surface area contributed by atoms with Gasteiger partial charge in [-0.1, -0.05) is 6.92 Å². The Morgan fingerprint density at radius 3 is 2.38 bits per heavy atom. The second-order valence-electron chi connectivity index (χ2n) is 6.38. The van der Waals surface area contributed by atoms with Gasteiger partial charge in [-0.2, -0.15) is 0 Å². The lowest BCUT2D eigenvalue weighted by Gasteiger charge is -2.52. The summed E-state index contributed by atoms with van der Waals surface area (Å²) in [5.74, 6) is 1.76. The molecule has 0 spiro atoms. The van der Waals surface area contributed by atoms with Gasteiger partial charge in [-0.3, -0.25) is 4.90 Å². The van der Waals surface area contributed by atoms with E-state index >= 15 is 0 Å². The lowest BCUT2D eigenvalue weighted by atomic mass is 9.75. The van der Waals surface area contributed by atoms with Crippen LogP contribution in [0.1, 0.15) is 51.9 Å². The van der Waals surface area contributed by atoms with Gasteiger partial charge in [0.1, 0.15) is 0 Å². The number of fused-ring (bicyclic) bond motifs is 3. The fraction of sp³-hybridized carbons (Fsp3) is 1.00. The molecular formula is C14H25NO. The molecule has 4 aliphatic rings. The van der Waals surface area contributed by atoms with Gasteiger partial charge in [0.25, 0.3) is 0 Å². The molecule has 4 fully saturated rings. The van der Waals surface area contributed by atoms with Crippen molar-refractivity contribution in [3.63, 3.8) is 0 Å². The maximum atomic E-state index is 9.87. The van der Waals surface area contributed by atoms with E-state index in [1.165, 1.54) is 38.6 Å². The van der Waals surface area contributed by atoms with Gasteiger partial charge in [-0.15, -0.1) is 0 Å². The number of aliphatic hydroxyl groups excluding tert-OH is 1. The molecular weight excluding hydrogens is 198 g/mol. The van der Waals surface area contributed by atoms with Crippen molar-refractivity contribution in [3.8, 4) is 0 Å². The van der Waals surface area contributed by atoms with Crippen LogP contribution in [0.4, 0.5) is 0 Å². The molecule has 0 amide bonds. The third-order valence-corrected chi connectivity index (χ3v) is 5.31. The van der Waals surface area contributed by atoms with Crippen LogP contribution in [0.25, 0.3) is 0 Å². The molecule has 2 saturated heterocycles. The quantitative estimate of drug-likeness (QED) is 0.738. The Balaban J connectivity index is 1.71. The van der Waals surface area contributed by atoms with E-state index in [0.717, 1.165) is 30.7 Å². The maximum Gasteiger partial charge on any atom is 0.0555 e. The van der Waals surface area contributed by atoms with Crippen molar-refractivity contribution >= 4 is 0 Å². The normalized spacial score (nSPS) is 49.5. The van der Waals surface area contributed by atoms with E-state index < -0.39 is 0 Å². The van der Waals surface area contributed by atoms with Crippen molar-refractivity contribution in [3.05, 3.63) is 0 Å². The predicted molar refractivity (Wildman–Crippen MR) is 65.3 cm³/mol. The van der Waals surface area contributed by atoms with Gasteiger partial charge in [0.2, 0.25) is 0 Å². The minimum Gasteiger partial charge on any atom is -0.393 e. The zero-order valence-electron chi connectivity index (χ0n) is 10.4. The van der Waals surface area contributed by atoms with Gasteiger partial charge in [-0.05, 0) is 56.8 Å². The van der Waals surface area contributed by atoms with Crippen molar-refractivity contribution in [1.82, 2.24) is 4.90 Å². The summed E-state index contributed by atoms with van der Waals surface area (Å²) < 4.78 is 0. The summed E-state index contributed by atoms with van der Waals surface area (Å²) in [4.78, 5) is 2.77. The van der Waals surface area contributed by atoms with Crippen LogP contribution in [0.3, 0.4) is 0 Å². The molecule has 2 aliphatic heterocycles. The minimum absolute atomic E-state index is 0.0262. The Hall–Kier alpha value is -0.0800. The van der Waals surface area contributed by atoms with Crippen LogP contribution in [-0.4, -0.2) is 34.7 Å². The van der Waals surface area contributed by atoms with E-state index in [4.69, 9.17) is 0 Å². The van der Waals surface area contributed by atoms with E-state index in [1.54, 1.807) is 0 Å². The first-order valence-corrected chi connectivity index (χ1v) is 7.18. The molecule has 2 bridgehead atoms. The molecule has 2 aliphatic carbocycles. The summed E-state index contributed by atoms with van der Waals surface area (Å²) in [6, 6.07) is 1.53. The SMILES string of the molecule is CC1CCC(O)CC1N1CC2CCC1CC2. The summed E-state index contributed by atoms with van der Waals surface area (Å²) >= 11 is 0. The smallest absolute Gasteiger partial charge is 0.0555 e.